The van der Waals surface area contributed by atoms with Crippen LogP contribution in [0.2, 0.25) is 0 Å². The van der Waals surface area contributed by atoms with Crippen LogP contribution >= 0.6 is 0 Å². The van der Waals surface area contributed by atoms with Crippen LogP contribution < -0.4 is 20.4 Å². The van der Waals surface area contributed by atoms with Gasteiger partial charge in [-0.3, -0.25) is 0 Å². The van der Waals surface area contributed by atoms with Crippen LogP contribution in [0.15, 0.2) is 57.7 Å². The van der Waals surface area contributed by atoms with E-state index in [1.54, 1.807) is 13.2 Å². The number of methoxy groups -OCH3 is 1. The monoisotopic (exact) mass is 377 g/mol. The Balaban J connectivity index is 1.51. The number of rotatable bonds is 4. The molecule has 0 spiro atoms. The Kier molecular flexibility index (Phi) is 4.32. The molecule has 3 heterocycles. The van der Waals surface area contributed by atoms with Crippen LogP contribution in [0.25, 0.3) is 22.1 Å². The van der Waals surface area contributed by atoms with E-state index >= 15 is 0 Å². The molecule has 5 heteroatoms. The molecule has 2 bridgehead atoms. The molecular weight excluding hydrogens is 354 g/mol. The maximum absolute atomic E-state index is 12.7. The van der Waals surface area contributed by atoms with Gasteiger partial charge in [0.2, 0.25) is 0 Å². The quantitative estimate of drug-likeness (QED) is 0.693. The minimum atomic E-state index is -0.410. The van der Waals surface area contributed by atoms with Gasteiger partial charge in [0.05, 0.1) is 12.5 Å². The SMILES string of the molecule is COc1c(-c2ccccc2)c(=O)oc2cc(OC3C[C@H]4CC[C@@H](C3)N4)ccc12. The molecule has 5 nitrogen and oxygen atoms in total. The summed E-state index contributed by atoms with van der Waals surface area (Å²) in [5.74, 6) is 1.26. The van der Waals surface area contributed by atoms with Crippen molar-refractivity contribution in [2.45, 2.75) is 43.9 Å². The van der Waals surface area contributed by atoms with Gasteiger partial charge >= 0.3 is 5.63 Å². The van der Waals surface area contributed by atoms with Gasteiger partial charge in [0, 0.05) is 18.2 Å². The van der Waals surface area contributed by atoms with Crippen molar-refractivity contribution in [3.05, 3.63) is 59.0 Å². The van der Waals surface area contributed by atoms with Crippen molar-refractivity contribution in [3.8, 4) is 22.6 Å². The third-order valence-corrected chi connectivity index (χ3v) is 5.83. The van der Waals surface area contributed by atoms with E-state index in [1.807, 2.05) is 42.5 Å². The molecule has 3 atom stereocenters. The lowest BCUT2D eigenvalue weighted by atomic mass is 10.0. The first-order chi connectivity index (χ1) is 13.7. The maximum Gasteiger partial charge on any atom is 0.347 e. The van der Waals surface area contributed by atoms with Crippen LogP contribution in [0.4, 0.5) is 0 Å². The Labute approximate surface area is 163 Å². The lowest BCUT2D eigenvalue weighted by Gasteiger charge is -2.29. The van der Waals surface area contributed by atoms with E-state index in [2.05, 4.69) is 5.32 Å². The van der Waals surface area contributed by atoms with Gasteiger partial charge in [-0.15, -0.1) is 0 Å². The normalized spacial score (nSPS) is 23.7. The van der Waals surface area contributed by atoms with Gasteiger partial charge in [-0.1, -0.05) is 30.3 Å². The molecule has 28 heavy (non-hydrogen) atoms. The van der Waals surface area contributed by atoms with Gasteiger partial charge in [-0.05, 0) is 43.4 Å². The number of benzene rings is 2. The van der Waals surface area contributed by atoms with E-state index in [0.717, 1.165) is 29.5 Å². The Hall–Kier alpha value is -2.79. The molecule has 1 N–H and O–H groups in total. The maximum atomic E-state index is 12.7. The van der Waals surface area contributed by atoms with Gasteiger partial charge in [0.15, 0.2) is 0 Å². The molecule has 5 rings (SSSR count). The van der Waals surface area contributed by atoms with Gasteiger partial charge in [0.25, 0.3) is 0 Å². The fraction of sp³-hybridized carbons (Fsp3) is 0.348. The molecule has 1 unspecified atom stereocenters. The van der Waals surface area contributed by atoms with Crippen molar-refractivity contribution in [1.29, 1.82) is 0 Å². The molecule has 2 fully saturated rings. The summed E-state index contributed by atoms with van der Waals surface area (Å²) in [6, 6.07) is 16.2. The second-order valence-corrected chi connectivity index (χ2v) is 7.67. The molecule has 2 saturated heterocycles. The lowest BCUT2D eigenvalue weighted by molar-refractivity contribution is 0.137. The Morgan fingerprint density at radius 3 is 2.50 bits per heavy atom. The van der Waals surface area contributed by atoms with Gasteiger partial charge < -0.3 is 19.2 Å². The molecule has 1 aromatic heterocycles. The van der Waals surface area contributed by atoms with Crippen LogP contribution in [0.3, 0.4) is 0 Å². The number of ether oxygens (including phenoxy) is 2. The molecule has 0 aliphatic carbocycles. The van der Waals surface area contributed by atoms with E-state index in [4.69, 9.17) is 13.9 Å². The van der Waals surface area contributed by atoms with E-state index < -0.39 is 5.63 Å². The van der Waals surface area contributed by atoms with Crippen LogP contribution in [-0.4, -0.2) is 25.3 Å². The third-order valence-electron chi connectivity index (χ3n) is 5.83. The summed E-state index contributed by atoms with van der Waals surface area (Å²) in [5.41, 5.74) is 1.29. The third kappa shape index (κ3) is 3.06. The lowest BCUT2D eigenvalue weighted by Crippen LogP contribution is -2.42. The molecular formula is C23H23NO4. The van der Waals surface area contributed by atoms with E-state index in [1.165, 1.54) is 12.8 Å². The number of hydrogen-bond donors (Lipinski definition) is 1. The second kappa shape index (κ2) is 6.99. The molecule has 2 aliphatic heterocycles. The van der Waals surface area contributed by atoms with Gasteiger partial charge in [0.1, 0.15) is 28.7 Å². The Morgan fingerprint density at radius 2 is 1.79 bits per heavy atom. The fourth-order valence-electron chi connectivity index (χ4n) is 4.59. The van der Waals surface area contributed by atoms with Gasteiger partial charge in [-0.25, -0.2) is 4.79 Å². The molecule has 144 valence electrons. The topological polar surface area (TPSA) is 60.7 Å². The highest BCUT2D eigenvalue weighted by molar-refractivity contribution is 5.91. The zero-order valence-electron chi connectivity index (χ0n) is 15.8. The largest absolute Gasteiger partial charge is 0.495 e. The minimum Gasteiger partial charge on any atom is -0.495 e. The van der Waals surface area contributed by atoms with E-state index in [9.17, 15) is 4.79 Å². The van der Waals surface area contributed by atoms with E-state index in [0.29, 0.717) is 29.0 Å². The average Bonchev–Trinajstić information content (AvgIpc) is 3.05. The van der Waals surface area contributed by atoms with Crippen LogP contribution in [0.5, 0.6) is 11.5 Å². The highest BCUT2D eigenvalue weighted by Crippen LogP contribution is 2.36. The molecule has 0 radical (unpaired) electrons. The van der Waals surface area contributed by atoms with Crippen molar-refractivity contribution in [2.24, 2.45) is 0 Å². The van der Waals surface area contributed by atoms with Crippen molar-refractivity contribution in [1.82, 2.24) is 5.32 Å². The predicted octanol–water partition coefficient (Wildman–Crippen LogP) is 4.13. The number of piperidine rings is 1. The fourth-order valence-corrected chi connectivity index (χ4v) is 4.59. The molecule has 3 aromatic rings. The summed E-state index contributed by atoms with van der Waals surface area (Å²) in [5, 5.41) is 4.39. The van der Waals surface area contributed by atoms with E-state index in [-0.39, 0.29) is 6.10 Å². The highest BCUT2D eigenvalue weighted by atomic mass is 16.5. The van der Waals surface area contributed by atoms with Crippen LogP contribution in [0, 0.1) is 0 Å². The van der Waals surface area contributed by atoms with Crippen LogP contribution in [0.1, 0.15) is 25.7 Å². The summed E-state index contributed by atoms with van der Waals surface area (Å²) >= 11 is 0. The average molecular weight is 377 g/mol. The van der Waals surface area contributed by atoms with Crippen molar-refractivity contribution < 1.29 is 13.9 Å². The van der Waals surface area contributed by atoms with Crippen molar-refractivity contribution in [2.75, 3.05) is 7.11 Å². The first-order valence-electron chi connectivity index (χ1n) is 9.84. The standard InChI is InChI=1S/C23H23NO4/c1-26-22-19-10-9-17(27-18-11-15-7-8-16(12-18)24-15)13-20(19)28-23(25)21(22)14-5-3-2-4-6-14/h2-6,9-10,13,15-16,18,24H,7-8,11-12H2,1H3/t15-,16+,18?. The molecule has 2 aliphatic rings. The van der Waals surface area contributed by atoms with Crippen molar-refractivity contribution >= 4 is 11.0 Å². The molecule has 0 amide bonds. The number of nitrogens with one attached hydrogen (secondary N) is 1. The Bertz CT molecular complexity index is 1050. The first-order valence-corrected chi connectivity index (χ1v) is 9.84. The minimum absolute atomic E-state index is 0.202. The zero-order chi connectivity index (χ0) is 19.1. The summed E-state index contributed by atoms with van der Waals surface area (Å²) in [7, 11) is 1.58. The number of hydrogen-bond acceptors (Lipinski definition) is 5. The zero-order valence-corrected chi connectivity index (χ0v) is 15.8. The first kappa shape index (κ1) is 17.3. The summed E-state index contributed by atoms with van der Waals surface area (Å²) in [6.45, 7) is 0. The second-order valence-electron chi connectivity index (χ2n) is 7.67. The van der Waals surface area contributed by atoms with Crippen LogP contribution in [-0.2, 0) is 0 Å². The predicted molar refractivity (Wildman–Crippen MR) is 108 cm³/mol. The summed E-state index contributed by atoms with van der Waals surface area (Å²) in [4.78, 5) is 12.7. The number of fused-ring (bicyclic) bond motifs is 3. The van der Waals surface area contributed by atoms with Crippen molar-refractivity contribution in [3.63, 3.8) is 0 Å². The van der Waals surface area contributed by atoms with Gasteiger partial charge in [-0.2, -0.15) is 0 Å². The molecule has 2 aromatic carbocycles. The smallest absolute Gasteiger partial charge is 0.347 e. The molecule has 0 saturated carbocycles. The highest BCUT2D eigenvalue weighted by Gasteiger charge is 2.34. The summed E-state index contributed by atoms with van der Waals surface area (Å²) < 4.78 is 17.5. The Morgan fingerprint density at radius 1 is 1.04 bits per heavy atom. The summed E-state index contributed by atoms with van der Waals surface area (Å²) in [6.07, 6.45) is 4.71.